The Kier molecular flexibility index (Phi) is 3.10. The quantitative estimate of drug-likeness (QED) is 0.496. The van der Waals surface area contributed by atoms with Gasteiger partial charge in [0.25, 0.3) is 0 Å². The molecule has 4 aromatic rings. The topological polar surface area (TPSA) is 49.6 Å². The monoisotopic (exact) mass is 315 g/mol. The number of aromatic nitrogens is 2. The van der Waals surface area contributed by atoms with Gasteiger partial charge in [0.2, 0.25) is 0 Å². The summed E-state index contributed by atoms with van der Waals surface area (Å²) in [5.74, 6) is 0.627. The Balaban J connectivity index is 2.02. The Morgan fingerprint density at radius 3 is 2.65 bits per heavy atom. The van der Waals surface area contributed by atoms with E-state index in [9.17, 15) is 5.26 Å². The van der Waals surface area contributed by atoms with E-state index in [1.54, 1.807) is 11.3 Å². The van der Waals surface area contributed by atoms with Gasteiger partial charge in [0.15, 0.2) is 11.5 Å². The predicted octanol–water partition coefficient (Wildman–Crippen LogP) is 5.00. The second kappa shape index (κ2) is 5.15. The van der Waals surface area contributed by atoms with Crippen molar-refractivity contribution in [3.8, 4) is 16.8 Å². The van der Waals surface area contributed by atoms with Crippen LogP contribution in [0.5, 0.6) is 0 Å². The average Bonchev–Trinajstić information content (AvgIpc) is 2.98. The van der Waals surface area contributed by atoms with Crippen LogP contribution in [0.1, 0.15) is 16.8 Å². The second-order valence-electron chi connectivity index (χ2n) is 5.63. The second-order valence-corrected chi connectivity index (χ2v) is 6.72. The molecule has 110 valence electrons. The fraction of sp³-hybridized carbons (Fsp3) is 0.105. The van der Waals surface area contributed by atoms with Crippen molar-refractivity contribution in [3.63, 3.8) is 0 Å². The highest BCUT2D eigenvalue weighted by Crippen LogP contribution is 2.33. The van der Waals surface area contributed by atoms with E-state index < -0.39 is 0 Å². The number of hydrogen-bond acceptors (Lipinski definition) is 4. The Morgan fingerprint density at radius 1 is 1.04 bits per heavy atom. The van der Waals surface area contributed by atoms with Crippen molar-refractivity contribution >= 4 is 32.3 Å². The lowest BCUT2D eigenvalue weighted by molar-refractivity contribution is 1.19. The summed E-state index contributed by atoms with van der Waals surface area (Å²) >= 11 is 1.65. The van der Waals surface area contributed by atoms with Gasteiger partial charge in [0, 0.05) is 10.1 Å². The van der Waals surface area contributed by atoms with Gasteiger partial charge in [0.1, 0.15) is 6.07 Å². The fourth-order valence-electron chi connectivity index (χ4n) is 2.87. The minimum Gasteiger partial charge on any atom is -0.227 e. The molecule has 0 fully saturated rings. The lowest BCUT2D eigenvalue weighted by atomic mass is 10.1. The first-order valence-electron chi connectivity index (χ1n) is 7.34. The molecular formula is C19H13N3S. The average molecular weight is 315 g/mol. The number of hydrogen-bond donors (Lipinski definition) is 0. The maximum Gasteiger partial charge on any atom is 0.171 e. The molecule has 4 rings (SSSR count). The molecule has 0 spiro atoms. The summed E-state index contributed by atoms with van der Waals surface area (Å²) in [6.07, 6.45) is 0. The van der Waals surface area contributed by atoms with Gasteiger partial charge < -0.3 is 0 Å². The molecule has 0 aliphatic heterocycles. The number of rotatable bonds is 1. The summed E-state index contributed by atoms with van der Waals surface area (Å²) < 4.78 is 1.20. The van der Waals surface area contributed by atoms with Crippen molar-refractivity contribution in [1.82, 2.24) is 9.97 Å². The van der Waals surface area contributed by atoms with Crippen LogP contribution in [-0.2, 0) is 0 Å². The Labute approximate surface area is 137 Å². The molecule has 0 unspecified atom stereocenters. The van der Waals surface area contributed by atoms with Gasteiger partial charge in [-0.15, -0.1) is 11.3 Å². The molecule has 0 aliphatic carbocycles. The molecule has 0 saturated heterocycles. The minimum absolute atomic E-state index is 0.439. The van der Waals surface area contributed by atoms with Gasteiger partial charge in [-0.3, -0.25) is 0 Å². The van der Waals surface area contributed by atoms with E-state index in [0.29, 0.717) is 11.5 Å². The maximum atomic E-state index is 9.49. The normalized spacial score (nSPS) is 11.0. The zero-order chi connectivity index (χ0) is 16.0. The molecule has 0 amide bonds. The first-order chi connectivity index (χ1) is 11.2. The highest BCUT2D eigenvalue weighted by Gasteiger charge is 2.13. The lowest BCUT2D eigenvalue weighted by Gasteiger charge is -2.06. The predicted molar refractivity (Wildman–Crippen MR) is 94.5 cm³/mol. The summed E-state index contributed by atoms with van der Waals surface area (Å²) in [6.45, 7) is 4.05. The van der Waals surface area contributed by atoms with E-state index in [2.05, 4.69) is 35.3 Å². The zero-order valence-electron chi connectivity index (χ0n) is 12.8. The number of aryl methyl sites for hydroxylation is 2. The van der Waals surface area contributed by atoms with Crippen LogP contribution in [0.4, 0.5) is 0 Å². The Bertz CT molecular complexity index is 1070. The third-order valence-electron chi connectivity index (χ3n) is 3.89. The molecule has 0 radical (unpaired) electrons. The van der Waals surface area contributed by atoms with Crippen molar-refractivity contribution in [2.45, 2.75) is 13.8 Å². The summed E-state index contributed by atoms with van der Waals surface area (Å²) in [4.78, 5) is 10.2. The number of nitrogens with zero attached hydrogens (tertiary/aromatic N) is 3. The minimum atomic E-state index is 0.439. The molecule has 2 heterocycles. The van der Waals surface area contributed by atoms with Crippen LogP contribution in [-0.4, -0.2) is 9.97 Å². The van der Waals surface area contributed by atoms with Crippen LogP contribution in [0.25, 0.3) is 31.7 Å². The summed E-state index contributed by atoms with van der Waals surface area (Å²) in [6, 6.07) is 16.6. The van der Waals surface area contributed by atoms with Gasteiger partial charge in [-0.1, -0.05) is 29.8 Å². The molecule has 23 heavy (non-hydrogen) atoms. The van der Waals surface area contributed by atoms with Gasteiger partial charge in [-0.05, 0) is 43.0 Å². The molecular weight excluding hydrogens is 302 g/mol. The van der Waals surface area contributed by atoms with E-state index in [4.69, 9.17) is 4.98 Å². The van der Waals surface area contributed by atoms with Gasteiger partial charge in [-0.25, -0.2) is 9.97 Å². The zero-order valence-corrected chi connectivity index (χ0v) is 13.6. The van der Waals surface area contributed by atoms with Crippen LogP contribution < -0.4 is 0 Å². The first-order valence-corrected chi connectivity index (χ1v) is 8.15. The van der Waals surface area contributed by atoms with E-state index in [1.165, 1.54) is 10.1 Å². The van der Waals surface area contributed by atoms with Gasteiger partial charge >= 0.3 is 0 Å². The highest BCUT2D eigenvalue weighted by atomic mass is 32.1. The van der Waals surface area contributed by atoms with Crippen LogP contribution >= 0.6 is 11.3 Å². The summed E-state index contributed by atoms with van der Waals surface area (Å²) in [5, 5.41) is 11.5. The summed E-state index contributed by atoms with van der Waals surface area (Å²) in [5.41, 5.74) is 3.48. The third kappa shape index (κ3) is 2.26. The molecule has 2 aromatic heterocycles. The molecule has 2 aromatic carbocycles. The Morgan fingerprint density at radius 2 is 1.87 bits per heavy atom. The smallest absolute Gasteiger partial charge is 0.171 e. The van der Waals surface area contributed by atoms with E-state index in [-0.39, 0.29) is 0 Å². The molecule has 3 nitrogen and oxygen atoms in total. The molecule has 0 aliphatic rings. The van der Waals surface area contributed by atoms with E-state index in [1.807, 2.05) is 32.0 Å². The Hall–Kier alpha value is -2.77. The number of thiophene rings is 1. The van der Waals surface area contributed by atoms with Crippen molar-refractivity contribution in [1.29, 1.82) is 5.26 Å². The SMILES string of the molecule is Cc1cc(C)c2nc(-c3cc4ccccc4s3)nc(C#N)c2c1. The maximum absolute atomic E-state index is 9.49. The molecule has 0 bridgehead atoms. The van der Waals surface area contributed by atoms with E-state index in [0.717, 1.165) is 26.9 Å². The largest absolute Gasteiger partial charge is 0.227 e. The van der Waals surface area contributed by atoms with Crippen LogP contribution in [0.15, 0.2) is 42.5 Å². The number of nitriles is 1. The number of fused-ring (bicyclic) bond motifs is 2. The van der Waals surface area contributed by atoms with Crippen molar-refractivity contribution < 1.29 is 0 Å². The molecule has 0 atom stereocenters. The molecule has 4 heteroatoms. The van der Waals surface area contributed by atoms with Crippen LogP contribution in [0.3, 0.4) is 0 Å². The first kappa shape index (κ1) is 13.9. The van der Waals surface area contributed by atoms with Crippen molar-refractivity contribution in [2.24, 2.45) is 0 Å². The van der Waals surface area contributed by atoms with Crippen LogP contribution in [0.2, 0.25) is 0 Å². The van der Waals surface area contributed by atoms with Gasteiger partial charge in [-0.2, -0.15) is 5.26 Å². The highest BCUT2D eigenvalue weighted by molar-refractivity contribution is 7.22. The van der Waals surface area contributed by atoms with Crippen LogP contribution in [0, 0.1) is 25.2 Å². The van der Waals surface area contributed by atoms with Crippen molar-refractivity contribution in [3.05, 3.63) is 59.3 Å². The molecule has 0 saturated carbocycles. The lowest BCUT2D eigenvalue weighted by Crippen LogP contribution is -1.96. The summed E-state index contributed by atoms with van der Waals surface area (Å²) in [7, 11) is 0. The van der Waals surface area contributed by atoms with Crippen molar-refractivity contribution in [2.75, 3.05) is 0 Å². The molecule has 0 N–H and O–H groups in total. The van der Waals surface area contributed by atoms with Gasteiger partial charge in [0.05, 0.1) is 10.4 Å². The number of benzene rings is 2. The fourth-order valence-corrected chi connectivity index (χ4v) is 3.87. The third-order valence-corrected chi connectivity index (χ3v) is 5.00. The standard InChI is InChI=1S/C19H13N3S/c1-11-7-12(2)18-14(8-11)15(10-20)21-19(22-18)17-9-13-5-3-4-6-16(13)23-17/h3-9H,1-2H3. The van der Waals surface area contributed by atoms with E-state index >= 15 is 0 Å².